The third kappa shape index (κ3) is 1.89. The van der Waals surface area contributed by atoms with Gasteiger partial charge in [-0.3, -0.25) is 0 Å². The minimum absolute atomic E-state index is 0.00743. The molecule has 0 N–H and O–H groups in total. The Hall–Kier alpha value is -0.120. The van der Waals surface area contributed by atoms with Gasteiger partial charge in [-0.25, -0.2) is 0 Å². The molecule has 3 nitrogen and oxygen atoms in total. The van der Waals surface area contributed by atoms with Crippen molar-refractivity contribution in [2.75, 3.05) is 26.4 Å². The topological polar surface area (TPSA) is 27.7 Å². The predicted molar refractivity (Wildman–Crippen MR) is 62.5 cm³/mol. The Balaban J connectivity index is 1.88. The number of hydrogen-bond acceptors (Lipinski definition) is 3. The van der Waals surface area contributed by atoms with Crippen LogP contribution in [0.25, 0.3) is 0 Å². The summed E-state index contributed by atoms with van der Waals surface area (Å²) in [7, 11) is 0. The van der Waals surface area contributed by atoms with Crippen molar-refractivity contribution in [2.45, 2.75) is 51.7 Å². The molecule has 0 radical (unpaired) electrons. The maximum Gasteiger partial charge on any atom is 0.117 e. The minimum Gasteiger partial charge on any atom is -0.380 e. The Morgan fingerprint density at radius 3 is 2.19 bits per heavy atom. The Labute approximate surface area is 98.4 Å². The molecule has 16 heavy (non-hydrogen) atoms. The Morgan fingerprint density at radius 2 is 1.88 bits per heavy atom. The molecule has 0 aromatic rings. The van der Waals surface area contributed by atoms with Gasteiger partial charge in [-0.2, -0.15) is 0 Å². The highest BCUT2D eigenvalue weighted by atomic mass is 16.6. The average molecular weight is 228 g/mol. The van der Waals surface area contributed by atoms with Crippen LogP contribution in [-0.2, 0) is 14.2 Å². The van der Waals surface area contributed by atoms with Crippen molar-refractivity contribution in [3.63, 3.8) is 0 Å². The maximum absolute atomic E-state index is 6.21. The number of hydrogen-bond donors (Lipinski definition) is 0. The molecule has 94 valence electrons. The molecule has 2 aliphatic heterocycles. The second kappa shape index (κ2) is 4.63. The molecule has 2 unspecified atom stereocenters. The van der Waals surface area contributed by atoms with Gasteiger partial charge in [0, 0.05) is 5.41 Å². The normalized spacial score (nSPS) is 36.6. The van der Waals surface area contributed by atoms with Crippen LogP contribution in [0.15, 0.2) is 0 Å². The van der Waals surface area contributed by atoms with Crippen LogP contribution in [0.4, 0.5) is 0 Å². The van der Waals surface area contributed by atoms with Crippen LogP contribution in [0.2, 0.25) is 0 Å². The summed E-state index contributed by atoms with van der Waals surface area (Å²) in [5.41, 5.74) is 0.280. The van der Waals surface area contributed by atoms with E-state index >= 15 is 0 Å². The predicted octanol–water partition coefficient (Wildman–Crippen LogP) is 2.39. The summed E-state index contributed by atoms with van der Waals surface area (Å²) in [6.07, 6.45) is 3.53. The summed E-state index contributed by atoms with van der Waals surface area (Å²) >= 11 is 0. The molecular weight excluding hydrogens is 204 g/mol. The molecule has 0 saturated carbocycles. The molecule has 2 fully saturated rings. The molecule has 0 amide bonds. The fourth-order valence-electron chi connectivity index (χ4n) is 2.52. The first kappa shape index (κ1) is 12.3. The van der Waals surface area contributed by atoms with Gasteiger partial charge in [0.2, 0.25) is 0 Å². The molecule has 0 aromatic heterocycles. The highest BCUT2D eigenvalue weighted by molar-refractivity contribution is 4.97. The first-order valence-corrected chi connectivity index (χ1v) is 6.53. The van der Waals surface area contributed by atoms with Crippen molar-refractivity contribution in [3.8, 4) is 0 Å². The molecule has 2 rings (SSSR count). The van der Waals surface area contributed by atoms with Gasteiger partial charge in [0.05, 0.1) is 32.5 Å². The Bertz CT molecular complexity index is 226. The zero-order valence-corrected chi connectivity index (χ0v) is 10.8. The smallest absolute Gasteiger partial charge is 0.117 e. The first-order chi connectivity index (χ1) is 7.70. The van der Waals surface area contributed by atoms with E-state index in [0.29, 0.717) is 6.10 Å². The third-order valence-corrected chi connectivity index (χ3v) is 4.32. The number of rotatable bonds is 6. The van der Waals surface area contributed by atoms with Crippen LogP contribution in [0.3, 0.4) is 0 Å². The van der Waals surface area contributed by atoms with E-state index in [2.05, 4.69) is 20.8 Å². The standard InChI is InChI=1S/C13H24O3/c1-4-11-13(6-3,10-15-11)16-9-12(5-2)7-14-8-12/h11H,4-10H2,1-3H3. The van der Waals surface area contributed by atoms with E-state index in [1.165, 1.54) is 0 Å². The summed E-state index contributed by atoms with van der Waals surface area (Å²) < 4.78 is 17.1. The molecular formula is C13H24O3. The Morgan fingerprint density at radius 1 is 1.12 bits per heavy atom. The minimum atomic E-state index is -0.00743. The van der Waals surface area contributed by atoms with Crippen LogP contribution >= 0.6 is 0 Å². The van der Waals surface area contributed by atoms with Gasteiger partial charge >= 0.3 is 0 Å². The van der Waals surface area contributed by atoms with Crippen LogP contribution in [0.1, 0.15) is 40.0 Å². The molecule has 2 aliphatic rings. The van der Waals surface area contributed by atoms with E-state index in [1.54, 1.807) is 0 Å². The maximum atomic E-state index is 6.21. The molecule has 0 aliphatic carbocycles. The SMILES string of the molecule is CCC1OCC1(CC)OCC1(CC)COC1. The van der Waals surface area contributed by atoms with Gasteiger partial charge < -0.3 is 14.2 Å². The van der Waals surface area contributed by atoms with Crippen LogP contribution in [0, 0.1) is 5.41 Å². The zero-order chi connectivity index (χ0) is 11.6. The molecule has 0 bridgehead atoms. The monoisotopic (exact) mass is 228 g/mol. The fourth-order valence-corrected chi connectivity index (χ4v) is 2.52. The molecule has 2 atom stereocenters. The Kier molecular flexibility index (Phi) is 3.57. The van der Waals surface area contributed by atoms with Crippen LogP contribution in [0.5, 0.6) is 0 Å². The van der Waals surface area contributed by atoms with Crippen molar-refractivity contribution in [2.24, 2.45) is 5.41 Å². The summed E-state index contributed by atoms with van der Waals surface area (Å²) in [4.78, 5) is 0. The van der Waals surface area contributed by atoms with Gasteiger partial charge in [0.1, 0.15) is 5.60 Å². The molecule has 0 spiro atoms. The van der Waals surface area contributed by atoms with Gasteiger partial charge in [-0.15, -0.1) is 0 Å². The van der Waals surface area contributed by atoms with Gasteiger partial charge in [0.25, 0.3) is 0 Å². The lowest BCUT2D eigenvalue weighted by Crippen LogP contribution is -2.61. The van der Waals surface area contributed by atoms with Gasteiger partial charge in [-0.1, -0.05) is 20.8 Å². The second-order valence-corrected chi connectivity index (χ2v) is 5.26. The zero-order valence-electron chi connectivity index (χ0n) is 10.8. The van der Waals surface area contributed by atoms with E-state index in [-0.39, 0.29) is 11.0 Å². The van der Waals surface area contributed by atoms with Crippen LogP contribution < -0.4 is 0 Å². The first-order valence-electron chi connectivity index (χ1n) is 6.53. The summed E-state index contributed by atoms with van der Waals surface area (Å²) in [5.74, 6) is 0. The fraction of sp³-hybridized carbons (Fsp3) is 1.00. The summed E-state index contributed by atoms with van der Waals surface area (Å²) in [5, 5.41) is 0. The van der Waals surface area contributed by atoms with E-state index in [1.807, 2.05) is 0 Å². The van der Waals surface area contributed by atoms with E-state index in [4.69, 9.17) is 14.2 Å². The molecule has 2 heterocycles. The summed E-state index contributed by atoms with van der Waals surface area (Å²) in [6, 6.07) is 0. The summed E-state index contributed by atoms with van der Waals surface area (Å²) in [6.45, 7) is 9.90. The van der Waals surface area contributed by atoms with Crippen LogP contribution in [-0.4, -0.2) is 38.1 Å². The highest BCUT2D eigenvalue weighted by Crippen LogP contribution is 2.39. The lowest BCUT2D eigenvalue weighted by Gasteiger charge is -2.51. The van der Waals surface area contributed by atoms with Crippen molar-refractivity contribution in [1.29, 1.82) is 0 Å². The molecule has 0 aromatic carbocycles. The quantitative estimate of drug-likeness (QED) is 0.698. The number of ether oxygens (including phenoxy) is 3. The highest BCUT2D eigenvalue weighted by Gasteiger charge is 2.49. The lowest BCUT2D eigenvalue weighted by atomic mass is 9.82. The molecule has 2 saturated heterocycles. The van der Waals surface area contributed by atoms with Gasteiger partial charge in [0.15, 0.2) is 0 Å². The third-order valence-electron chi connectivity index (χ3n) is 4.32. The lowest BCUT2D eigenvalue weighted by molar-refractivity contribution is -0.285. The van der Waals surface area contributed by atoms with Gasteiger partial charge in [-0.05, 0) is 19.3 Å². The molecule has 3 heteroatoms. The van der Waals surface area contributed by atoms with Crippen molar-refractivity contribution in [3.05, 3.63) is 0 Å². The van der Waals surface area contributed by atoms with Crippen molar-refractivity contribution >= 4 is 0 Å². The van der Waals surface area contributed by atoms with E-state index < -0.39 is 0 Å². The van der Waals surface area contributed by atoms with Crippen molar-refractivity contribution in [1.82, 2.24) is 0 Å². The second-order valence-electron chi connectivity index (χ2n) is 5.26. The van der Waals surface area contributed by atoms with E-state index in [9.17, 15) is 0 Å². The average Bonchev–Trinajstić information content (AvgIpc) is 2.22. The van der Waals surface area contributed by atoms with E-state index in [0.717, 1.165) is 45.7 Å². The van der Waals surface area contributed by atoms with Crippen molar-refractivity contribution < 1.29 is 14.2 Å². The largest absolute Gasteiger partial charge is 0.380 e.